The molecule has 1 aromatic heterocycles. The average Bonchev–Trinajstić information content (AvgIpc) is 3.27. The second kappa shape index (κ2) is 6.99. The Labute approximate surface area is 159 Å². The largest absolute Gasteiger partial charge is 0.339 e. The Morgan fingerprint density at radius 3 is 2.67 bits per heavy atom. The molecule has 0 radical (unpaired) electrons. The first-order valence-corrected chi connectivity index (χ1v) is 9.25. The van der Waals surface area contributed by atoms with Gasteiger partial charge in [-0.25, -0.2) is 0 Å². The lowest BCUT2D eigenvalue weighted by atomic mass is 10.1. The van der Waals surface area contributed by atoms with E-state index in [9.17, 15) is 4.79 Å². The van der Waals surface area contributed by atoms with Crippen molar-refractivity contribution in [3.05, 3.63) is 70.6 Å². The van der Waals surface area contributed by atoms with Crippen LogP contribution in [0.4, 0.5) is 0 Å². The van der Waals surface area contributed by atoms with Gasteiger partial charge in [0.15, 0.2) is 0 Å². The molecule has 1 unspecified atom stereocenters. The van der Waals surface area contributed by atoms with Crippen LogP contribution in [0.15, 0.2) is 47.0 Å². The number of benzene rings is 2. The summed E-state index contributed by atoms with van der Waals surface area (Å²) in [5.74, 6) is 1.21. The van der Waals surface area contributed by atoms with Crippen molar-refractivity contribution in [1.29, 1.82) is 0 Å². The van der Waals surface area contributed by atoms with Gasteiger partial charge >= 0.3 is 0 Å². The molecule has 0 spiro atoms. The minimum atomic E-state index is -0.0469. The summed E-state index contributed by atoms with van der Waals surface area (Å²) in [5.41, 5.74) is 5.74. The van der Waals surface area contributed by atoms with E-state index >= 15 is 0 Å². The first-order valence-electron chi connectivity index (χ1n) is 9.25. The molecule has 0 aliphatic carbocycles. The van der Waals surface area contributed by atoms with E-state index in [0.29, 0.717) is 31.2 Å². The van der Waals surface area contributed by atoms with Crippen LogP contribution in [0.2, 0.25) is 0 Å². The molecule has 2 aromatic carbocycles. The molecule has 0 bridgehead atoms. The molecule has 1 atom stereocenters. The van der Waals surface area contributed by atoms with Gasteiger partial charge < -0.3 is 9.42 Å². The first-order chi connectivity index (χ1) is 13.0. The summed E-state index contributed by atoms with van der Waals surface area (Å²) >= 11 is 0. The summed E-state index contributed by atoms with van der Waals surface area (Å²) in [7, 11) is 0. The Balaban J connectivity index is 1.50. The van der Waals surface area contributed by atoms with Gasteiger partial charge in [-0.05, 0) is 49.1 Å². The van der Waals surface area contributed by atoms with Gasteiger partial charge in [-0.2, -0.15) is 4.98 Å². The van der Waals surface area contributed by atoms with E-state index in [-0.39, 0.29) is 11.8 Å². The van der Waals surface area contributed by atoms with Gasteiger partial charge in [0.05, 0.1) is 5.92 Å². The number of carbonyl (C=O) groups is 1. The molecule has 5 heteroatoms. The van der Waals surface area contributed by atoms with Crippen LogP contribution in [-0.2, 0) is 11.3 Å². The van der Waals surface area contributed by atoms with Crippen molar-refractivity contribution in [3.8, 4) is 11.4 Å². The number of aromatic nitrogens is 2. The van der Waals surface area contributed by atoms with Crippen LogP contribution >= 0.6 is 0 Å². The molecule has 1 aliphatic heterocycles. The Bertz CT molecular complexity index is 993. The second-order valence-corrected chi connectivity index (χ2v) is 7.36. The highest BCUT2D eigenvalue weighted by molar-refractivity contribution is 5.79. The zero-order chi connectivity index (χ0) is 19.0. The van der Waals surface area contributed by atoms with Crippen molar-refractivity contribution in [2.45, 2.75) is 39.7 Å². The van der Waals surface area contributed by atoms with Crippen molar-refractivity contribution in [3.63, 3.8) is 0 Å². The Hall–Kier alpha value is -2.95. The number of amides is 1. The van der Waals surface area contributed by atoms with Crippen molar-refractivity contribution >= 4 is 5.91 Å². The molecule has 0 saturated carbocycles. The van der Waals surface area contributed by atoms with Crippen LogP contribution in [0, 0.1) is 20.8 Å². The van der Waals surface area contributed by atoms with Crippen molar-refractivity contribution in [2.24, 2.45) is 0 Å². The van der Waals surface area contributed by atoms with E-state index in [1.165, 1.54) is 22.3 Å². The third kappa shape index (κ3) is 3.50. The topological polar surface area (TPSA) is 59.2 Å². The maximum Gasteiger partial charge on any atom is 0.232 e. The number of hydrogen-bond acceptors (Lipinski definition) is 4. The summed E-state index contributed by atoms with van der Waals surface area (Å²) < 4.78 is 5.50. The number of aryl methyl sites for hydroxylation is 3. The van der Waals surface area contributed by atoms with E-state index in [4.69, 9.17) is 4.52 Å². The van der Waals surface area contributed by atoms with Gasteiger partial charge in [0.25, 0.3) is 0 Å². The molecule has 4 rings (SSSR count). The minimum absolute atomic E-state index is 0.0469. The van der Waals surface area contributed by atoms with Crippen LogP contribution in [-0.4, -0.2) is 27.5 Å². The van der Waals surface area contributed by atoms with Crippen molar-refractivity contribution < 1.29 is 9.32 Å². The van der Waals surface area contributed by atoms with E-state index in [0.717, 1.165) is 5.56 Å². The van der Waals surface area contributed by atoms with Crippen molar-refractivity contribution in [1.82, 2.24) is 15.0 Å². The minimum Gasteiger partial charge on any atom is -0.339 e. The van der Waals surface area contributed by atoms with Gasteiger partial charge in [0.1, 0.15) is 0 Å². The maximum absolute atomic E-state index is 12.5. The Morgan fingerprint density at radius 2 is 1.89 bits per heavy atom. The highest BCUT2D eigenvalue weighted by Crippen LogP contribution is 2.30. The highest BCUT2D eigenvalue weighted by atomic mass is 16.5. The van der Waals surface area contributed by atoms with Gasteiger partial charge in [-0.15, -0.1) is 0 Å². The van der Waals surface area contributed by atoms with E-state index in [2.05, 4.69) is 55.2 Å². The molecule has 0 N–H and O–H groups in total. The monoisotopic (exact) mass is 361 g/mol. The zero-order valence-corrected chi connectivity index (χ0v) is 15.9. The quantitative estimate of drug-likeness (QED) is 0.699. The first kappa shape index (κ1) is 17.5. The molecule has 1 amide bonds. The van der Waals surface area contributed by atoms with Crippen molar-refractivity contribution in [2.75, 3.05) is 6.54 Å². The summed E-state index contributed by atoms with van der Waals surface area (Å²) in [6.07, 6.45) is 0.417. The fourth-order valence-electron chi connectivity index (χ4n) is 3.48. The lowest BCUT2D eigenvalue weighted by molar-refractivity contribution is -0.128. The fourth-order valence-corrected chi connectivity index (χ4v) is 3.48. The number of hydrogen-bond donors (Lipinski definition) is 0. The van der Waals surface area contributed by atoms with E-state index < -0.39 is 0 Å². The number of likely N-dealkylation sites (tertiary alicyclic amines) is 1. The molecule has 5 nitrogen and oxygen atoms in total. The molecular weight excluding hydrogens is 338 g/mol. The van der Waals surface area contributed by atoms with E-state index in [1.54, 1.807) is 0 Å². The number of rotatable bonds is 4. The summed E-state index contributed by atoms with van der Waals surface area (Å²) in [5, 5.41) is 4.13. The van der Waals surface area contributed by atoms with Crippen LogP contribution in [0.25, 0.3) is 11.4 Å². The van der Waals surface area contributed by atoms with Gasteiger partial charge in [0, 0.05) is 25.1 Å². The molecular formula is C22H23N3O2. The number of carbonyl (C=O) groups excluding carboxylic acids is 1. The smallest absolute Gasteiger partial charge is 0.232 e. The zero-order valence-electron chi connectivity index (χ0n) is 15.9. The van der Waals surface area contributed by atoms with Crippen LogP contribution < -0.4 is 0 Å². The number of nitrogens with zero attached hydrogens (tertiary/aromatic N) is 3. The predicted octanol–water partition coefficient (Wildman–Crippen LogP) is 4.18. The Kier molecular flexibility index (Phi) is 4.52. The van der Waals surface area contributed by atoms with E-state index in [1.807, 2.05) is 23.1 Å². The lowest BCUT2D eigenvalue weighted by Crippen LogP contribution is -2.24. The standard InChI is InChI=1S/C22H23N3O2/c1-14-8-9-17(10-16(14)3)21-23-22(27-24-21)19-11-20(26)25(13-19)12-18-7-5-4-6-15(18)2/h4-10,19H,11-13H2,1-3H3. The summed E-state index contributed by atoms with van der Waals surface area (Å²) in [6.45, 7) is 7.45. The van der Waals surface area contributed by atoms with Gasteiger partial charge in [-0.1, -0.05) is 41.6 Å². The molecule has 27 heavy (non-hydrogen) atoms. The lowest BCUT2D eigenvalue weighted by Gasteiger charge is -2.17. The van der Waals surface area contributed by atoms with Crippen LogP contribution in [0.5, 0.6) is 0 Å². The maximum atomic E-state index is 12.5. The molecule has 138 valence electrons. The molecule has 3 aromatic rings. The van der Waals surface area contributed by atoms with Gasteiger partial charge in [0.2, 0.25) is 17.6 Å². The molecule has 1 aliphatic rings. The normalized spacial score (nSPS) is 16.9. The second-order valence-electron chi connectivity index (χ2n) is 7.36. The molecule has 1 fully saturated rings. The Morgan fingerprint density at radius 1 is 1.07 bits per heavy atom. The average molecular weight is 361 g/mol. The fraction of sp³-hybridized carbons (Fsp3) is 0.318. The summed E-state index contributed by atoms with van der Waals surface area (Å²) in [4.78, 5) is 18.9. The third-order valence-electron chi connectivity index (χ3n) is 5.39. The summed E-state index contributed by atoms with van der Waals surface area (Å²) in [6, 6.07) is 14.3. The highest BCUT2D eigenvalue weighted by Gasteiger charge is 2.34. The predicted molar refractivity (Wildman–Crippen MR) is 103 cm³/mol. The SMILES string of the molecule is Cc1ccc(-c2noc(C3CC(=O)N(Cc4ccccc4C)C3)n2)cc1C. The molecule has 1 saturated heterocycles. The van der Waals surface area contributed by atoms with Gasteiger partial charge in [-0.3, -0.25) is 4.79 Å². The molecule has 2 heterocycles. The van der Waals surface area contributed by atoms with Crippen LogP contribution in [0.3, 0.4) is 0 Å². The van der Waals surface area contributed by atoms with Crippen LogP contribution in [0.1, 0.15) is 40.5 Å². The third-order valence-corrected chi connectivity index (χ3v) is 5.39.